The Hall–Kier alpha value is -4.02. The molecule has 3 aromatic carbocycles. The van der Waals surface area contributed by atoms with Crippen LogP contribution in [0.25, 0.3) is 21.8 Å². The number of carbonyl (C=O) groups is 2. The lowest BCUT2D eigenvalue weighted by Gasteiger charge is -2.14. The fourth-order valence-electron chi connectivity index (χ4n) is 3.81. The van der Waals surface area contributed by atoms with E-state index in [0.29, 0.717) is 28.2 Å². The average Bonchev–Trinajstić information content (AvgIpc) is 2.85. The molecule has 9 nitrogen and oxygen atoms in total. The maximum absolute atomic E-state index is 12.8. The SMILES string of the molecule is NS(=O)(=O)c1ccc(CCNC(=O)COC(=O)Cn2c3ccccc3c(=O)c3ccccc32)cc1. The second-order valence-electron chi connectivity index (χ2n) is 7.90. The number of nitrogens with one attached hydrogen (secondary N) is 1. The van der Waals surface area contributed by atoms with Crippen molar-refractivity contribution in [3.8, 4) is 0 Å². The monoisotopic (exact) mass is 493 g/mol. The van der Waals surface area contributed by atoms with Gasteiger partial charge >= 0.3 is 5.97 Å². The van der Waals surface area contributed by atoms with Crippen LogP contribution in [0.2, 0.25) is 0 Å². The van der Waals surface area contributed by atoms with Crippen molar-refractivity contribution in [1.82, 2.24) is 9.88 Å². The Bertz CT molecular complexity index is 1520. The van der Waals surface area contributed by atoms with E-state index in [-0.39, 0.29) is 23.4 Å². The van der Waals surface area contributed by atoms with Gasteiger partial charge < -0.3 is 14.6 Å². The third-order valence-corrected chi connectivity index (χ3v) is 6.45. The summed E-state index contributed by atoms with van der Waals surface area (Å²) < 4.78 is 29.5. The summed E-state index contributed by atoms with van der Waals surface area (Å²) >= 11 is 0. The molecule has 0 unspecified atom stereocenters. The van der Waals surface area contributed by atoms with Gasteiger partial charge in [-0.2, -0.15) is 0 Å². The first-order valence-corrected chi connectivity index (χ1v) is 12.3. The standard InChI is InChI=1S/C25H23N3O6S/c26-35(32,33)18-11-9-17(10-12-18)13-14-27-23(29)16-34-24(30)15-28-21-7-3-1-5-19(21)25(31)20-6-2-4-8-22(20)28/h1-12H,13-16H2,(H,27,29)(H2,26,32,33). The molecule has 0 atom stereocenters. The molecule has 0 saturated heterocycles. The Morgan fingerprint density at radius 3 is 2.03 bits per heavy atom. The predicted octanol–water partition coefficient (Wildman–Crippen LogP) is 1.70. The van der Waals surface area contributed by atoms with Gasteiger partial charge in [-0.25, -0.2) is 13.6 Å². The van der Waals surface area contributed by atoms with Crippen molar-refractivity contribution in [3.63, 3.8) is 0 Å². The van der Waals surface area contributed by atoms with E-state index in [0.717, 1.165) is 5.56 Å². The molecule has 0 spiro atoms. The molecule has 4 aromatic rings. The van der Waals surface area contributed by atoms with Gasteiger partial charge in [-0.05, 0) is 48.4 Å². The number of carbonyl (C=O) groups excluding carboxylic acids is 2. The van der Waals surface area contributed by atoms with Crippen molar-refractivity contribution in [2.24, 2.45) is 5.14 Å². The van der Waals surface area contributed by atoms with E-state index in [9.17, 15) is 22.8 Å². The van der Waals surface area contributed by atoms with Crippen LogP contribution >= 0.6 is 0 Å². The first kappa shape index (κ1) is 24.1. The van der Waals surface area contributed by atoms with Gasteiger partial charge in [0.05, 0.1) is 15.9 Å². The van der Waals surface area contributed by atoms with Crippen molar-refractivity contribution < 1.29 is 22.7 Å². The van der Waals surface area contributed by atoms with Gasteiger partial charge in [-0.1, -0.05) is 36.4 Å². The number of pyridine rings is 1. The van der Waals surface area contributed by atoms with Gasteiger partial charge in [0.15, 0.2) is 12.0 Å². The van der Waals surface area contributed by atoms with Crippen LogP contribution in [0.5, 0.6) is 0 Å². The van der Waals surface area contributed by atoms with E-state index < -0.39 is 28.5 Å². The maximum Gasteiger partial charge on any atom is 0.326 e. The number of benzene rings is 3. The smallest absolute Gasteiger partial charge is 0.326 e. The van der Waals surface area contributed by atoms with Crippen LogP contribution in [-0.2, 0) is 37.3 Å². The van der Waals surface area contributed by atoms with E-state index in [1.165, 1.54) is 12.1 Å². The normalized spacial score (nSPS) is 11.5. The second kappa shape index (κ2) is 10.1. The van der Waals surface area contributed by atoms with Gasteiger partial charge in [0.1, 0.15) is 6.54 Å². The van der Waals surface area contributed by atoms with Crippen molar-refractivity contribution >= 4 is 43.7 Å². The van der Waals surface area contributed by atoms with Crippen LogP contribution in [-0.4, -0.2) is 38.0 Å². The number of primary sulfonamides is 1. The third-order valence-electron chi connectivity index (χ3n) is 5.52. The molecule has 10 heteroatoms. The highest BCUT2D eigenvalue weighted by atomic mass is 32.2. The number of hydrogen-bond donors (Lipinski definition) is 2. The largest absolute Gasteiger partial charge is 0.454 e. The van der Waals surface area contributed by atoms with Crippen molar-refractivity contribution in [2.45, 2.75) is 17.9 Å². The molecular weight excluding hydrogens is 470 g/mol. The minimum Gasteiger partial charge on any atom is -0.454 e. The number of para-hydroxylation sites is 2. The van der Waals surface area contributed by atoms with E-state index >= 15 is 0 Å². The number of nitrogens with two attached hydrogens (primary N) is 1. The van der Waals surface area contributed by atoms with Crippen molar-refractivity contribution in [2.75, 3.05) is 13.2 Å². The molecule has 3 N–H and O–H groups in total. The Kier molecular flexibility index (Phi) is 6.94. The quantitative estimate of drug-likeness (QED) is 0.283. The molecule has 180 valence electrons. The number of aromatic nitrogens is 1. The van der Waals surface area contributed by atoms with Gasteiger partial charge in [-0.15, -0.1) is 0 Å². The van der Waals surface area contributed by atoms with E-state index in [2.05, 4.69) is 5.32 Å². The van der Waals surface area contributed by atoms with Gasteiger partial charge in [0.25, 0.3) is 5.91 Å². The lowest BCUT2D eigenvalue weighted by atomic mass is 10.1. The van der Waals surface area contributed by atoms with E-state index in [1.807, 2.05) is 0 Å². The number of ether oxygens (including phenoxy) is 1. The highest BCUT2D eigenvalue weighted by molar-refractivity contribution is 7.89. The third kappa shape index (κ3) is 5.56. The fraction of sp³-hybridized carbons (Fsp3) is 0.160. The predicted molar refractivity (Wildman–Crippen MR) is 131 cm³/mol. The van der Waals surface area contributed by atoms with Crippen LogP contribution in [0.15, 0.2) is 82.5 Å². The molecule has 4 rings (SSSR count). The summed E-state index contributed by atoms with van der Waals surface area (Å²) in [4.78, 5) is 37.5. The molecule has 0 saturated carbocycles. The zero-order chi connectivity index (χ0) is 25.0. The number of rotatable bonds is 8. The Labute approximate surface area is 201 Å². The van der Waals surface area contributed by atoms with Crippen LogP contribution in [0.4, 0.5) is 0 Å². The molecule has 1 heterocycles. The van der Waals surface area contributed by atoms with Crippen LogP contribution in [0.3, 0.4) is 0 Å². The molecule has 35 heavy (non-hydrogen) atoms. The molecule has 0 bridgehead atoms. The number of fused-ring (bicyclic) bond motifs is 2. The molecule has 0 fully saturated rings. The molecule has 1 amide bonds. The lowest BCUT2D eigenvalue weighted by Crippen LogP contribution is -2.31. The Balaban J connectivity index is 1.35. The molecule has 0 aliphatic rings. The number of nitrogens with zero attached hydrogens (tertiary/aromatic N) is 1. The molecule has 0 aliphatic heterocycles. The summed E-state index contributed by atoms with van der Waals surface area (Å²) in [6, 6.07) is 20.1. The molecule has 1 aromatic heterocycles. The number of esters is 1. The van der Waals surface area contributed by atoms with Gasteiger partial charge in [0, 0.05) is 17.3 Å². The first-order chi connectivity index (χ1) is 16.7. The molecule has 0 aliphatic carbocycles. The Morgan fingerprint density at radius 2 is 1.46 bits per heavy atom. The van der Waals surface area contributed by atoms with Crippen molar-refractivity contribution in [3.05, 3.63) is 88.6 Å². The lowest BCUT2D eigenvalue weighted by molar-refractivity contribution is -0.149. The van der Waals surface area contributed by atoms with Crippen LogP contribution in [0, 0.1) is 0 Å². The highest BCUT2D eigenvalue weighted by Gasteiger charge is 2.14. The number of hydrogen-bond acceptors (Lipinski definition) is 6. The zero-order valence-electron chi connectivity index (χ0n) is 18.6. The maximum atomic E-state index is 12.8. The summed E-state index contributed by atoms with van der Waals surface area (Å²) in [6.07, 6.45) is 0.458. The zero-order valence-corrected chi connectivity index (χ0v) is 19.5. The van der Waals surface area contributed by atoms with Gasteiger partial charge in [0.2, 0.25) is 10.0 Å². The van der Waals surface area contributed by atoms with Crippen LogP contribution < -0.4 is 15.9 Å². The summed E-state index contributed by atoms with van der Waals surface area (Å²) in [7, 11) is -3.75. The molecule has 0 radical (unpaired) electrons. The first-order valence-electron chi connectivity index (χ1n) is 10.8. The summed E-state index contributed by atoms with van der Waals surface area (Å²) in [5.74, 6) is -1.08. The minimum absolute atomic E-state index is 0.0144. The summed E-state index contributed by atoms with van der Waals surface area (Å²) in [5.41, 5.74) is 1.91. The Morgan fingerprint density at radius 1 is 0.886 bits per heavy atom. The van der Waals surface area contributed by atoms with E-state index in [4.69, 9.17) is 9.88 Å². The number of amides is 1. The van der Waals surface area contributed by atoms with E-state index in [1.54, 1.807) is 65.2 Å². The summed E-state index contributed by atoms with van der Waals surface area (Å²) in [6.45, 7) is -0.329. The summed E-state index contributed by atoms with van der Waals surface area (Å²) in [5, 5.41) is 8.72. The highest BCUT2D eigenvalue weighted by Crippen LogP contribution is 2.19. The molecular formula is C25H23N3O6S. The van der Waals surface area contributed by atoms with Crippen molar-refractivity contribution in [1.29, 1.82) is 0 Å². The van der Waals surface area contributed by atoms with Crippen LogP contribution in [0.1, 0.15) is 5.56 Å². The topological polar surface area (TPSA) is 138 Å². The number of sulfonamides is 1. The average molecular weight is 494 g/mol. The van der Waals surface area contributed by atoms with Gasteiger partial charge in [-0.3, -0.25) is 14.4 Å². The second-order valence-corrected chi connectivity index (χ2v) is 9.46. The fourth-order valence-corrected chi connectivity index (χ4v) is 4.33. The minimum atomic E-state index is -3.75.